The Balaban J connectivity index is 4.14. The highest BCUT2D eigenvalue weighted by Crippen LogP contribution is 2.14. The molecular formula is C15H28N2O3. The zero-order valence-electron chi connectivity index (χ0n) is 12.9. The van der Waals surface area contributed by atoms with E-state index in [9.17, 15) is 9.59 Å². The van der Waals surface area contributed by atoms with Crippen molar-refractivity contribution < 1.29 is 14.7 Å². The van der Waals surface area contributed by atoms with Crippen LogP contribution >= 0.6 is 0 Å². The van der Waals surface area contributed by atoms with Gasteiger partial charge in [-0.2, -0.15) is 0 Å². The van der Waals surface area contributed by atoms with Crippen LogP contribution in [0, 0.1) is 11.8 Å². The number of carbonyl (C=O) groups excluding carboxylic acids is 1. The fourth-order valence-electron chi connectivity index (χ4n) is 2.09. The molecule has 1 atom stereocenters. The lowest BCUT2D eigenvalue weighted by Crippen LogP contribution is -2.40. The summed E-state index contributed by atoms with van der Waals surface area (Å²) >= 11 is 0. The molecule has 0 aliphatic rings. The van der Waals surface area contributed by atoms with E-state index in [1.807, 2.05) is 6.08 Å². The minimum Gasteiger partial charge on any atom is -0.481 e. The van der Waals surface area contributed by atoms with Crippen molar-refractivity contribution in [2.45, 2.75) is 39.5 Å². The largest absolute Gasteiger partial charge is 0.481 e. The van der Waals surface area contributed by atoms with Gasteiger partial charge >= 0.3 is 12.0 Å². The molecule has 0 aromatic rings. The summed E-state index contributed by atoms with van der Waals surface area (Å²) in [5.41, 5.74) is 0. The van der Waals surface area contributed by atoms with Gasteiger partial charge in [-0.05, 0) is 31.1 Å². The van der Waals surface area contributed by atoms with E-state index in [2.05, 4.69) is 25.7 Å². The van der Waals surface area contributed by atoms with Gasteiger partial charge in [0.2, 0.25) is 0 Å². The van der Waals surface area contributed by atoms with E-state index in [4.69, 9.17) is 5.11 Å². The number of rotatable bonds is 10. The highest BCUT2D eigenvalue weighted by Gasteiger charge is 2.17. The molecule has 0 saturated carbocycles. The molecule has 0 aromatic heterocycles. The Morgan fingerprint density at radius 1 is 1.40 bits per heavy atom. The van der Waals surface area contributed by atoms with Gasteiger partial charge in [0.15, 0.2) is 0 Å². The summed E-state index contributed by atoms with van der Waals surface area (Å²) in [6, 6.07) is -0.145. The van der Waals surface area contributed by atoms with E-state index in [-0.39, 0.29) is 18.4 Å². The number of nitrogens with zero attached hydrogens (tertiary/aromatic N) is 1. The van der Waals surface area contributed by atoms with E-state index in [1.165, 1.54) is 0 Å². The van der Waals surface area contributed by atoms with Crippen LogP contribution in [-0.4, -0.2) is 42.1 Å². The fraction of sp³-hybridized carbons (Fsp3) is 0.733. The smallest absolute Gasteiger partial charge is 0.317 e. The maximum Gasteiger partial charge on any atom is 0.317 e. The Morgan fingerprint density at radius 3 is 2.55 bits per heavy atom. The van der Waals surface area contributed by atoms with Crippen LogP contribution in [0.25, 0.3) is 0 Å². The quantitative estimate of drug-likeness (QED) is 0.479. The topological polar surface area (TPSA) is 69.6 Å². The molecule has 0 heterocycles. The zero-order valence-corrected chi connectivity index (χ0v) is 12.9. The first-order chi connectivity index (χ1) is 9.36. The monoisotopic (exact) mass is 284 g/mol. The molecule has 0 rings (SSSR count). The number of nitrogens with one attached hydrogen (secondary N) is 1. The molecular weight excluding hydrogens is 256 g/mol. The third-order valence-corrected chi connectivity index (χ3v) is 3.06. The standard InChI is InChI=1S/C15H28N2O3/c1-5-6-7-8-17(4)15(20)16-11-13(9-12(2)3)10-14(18)19/h5,12-13H,1,6-11H2,2-4H3,(H,16,20)(H,18,19). The molecule has 0 bridgehead atoms. The Kier molecular flexibility index (Phi) is 9.51. The number of aliphatic carboxylic acids is 1. The first-order valence-electron chi connectivity index (χ1n) is 7.18. The second kappa shape index (κ2) is 10.3. The fourth-order valence-corrected chi connectivity index (χ4v) is 2.09. The van der Waals surface area contributed by atoms with Crippen molar-refractivity contribution in [2.75, 3.05) is 20.1 Å². The van der Waals surface area contributed by atoms with Crippen LogP contribution in [-0.2, 0) is 4.79 Å². The van der Waals surface area contributed by atoms with E-state index in [1.54, 1.807) is 11.9 Å². The lowest BCUT2D eigenvalue weighted by Gasteiger charge is -2.21. The molecule has 0 aromatic carbocycles. The highest BCUT2D eigenvalue weighted by atomic mass is 16.4. The molecule has 2 amide bonds. The number of hydrogen-bond acceptors (Lipinski definition) is 2. The normalized spacial score (nSPS) is 12.0. The van der Waals surface area contributed by atoms with Gasteiger partial charge in [0.25, 0.3) is 0 Å². The van der Waals surface area contributed by atoms with Crippen LogP contribution < -0.4 is 5.32 Å². The summed E-state index contributed by atoms with van der Waals surface area (Å²) in [4.78, 5) is 24.3. The Hall–Kier alpha value is -1.52. The summed E-state index contributed by atoms with van der Waals surface area (Å²) in [6.45, 7) is 8.83. The minimum absolute atomic E-state index is 0.0157. The maximum atomic E-state index is 11.9. The summed E-state index contributed by atoms with van der Waals surface area (Å²) < 4.78 is 0. The van der Waals surface area contributed by atoms with Crippen molar-refractivity contribution in [3.05, 3.63) is 12.7 Å². The molecule has 0 fully saturated rings. The Labute approximate surface area is 122 Å². The molecule has 0 radical (unpaired) electrons. The molecule has 20 heavy (non-hydrogen) atoms. The lowest BCUT2D eigenvalue weighted by atomic mass is 9.94. The van der Waals surface area contributed by atoms with Gasteiger partial charge in [0.1, 0.15) is 0 Å². The van der Waals surface area contributed by atoms with Crippen LogP contribution in [0.2, 0.25) is 0 Å². The third-order valence-electron chi connectivity index (χ3n) is 3.06. The van der Waals surface area contributed by atoms with Crippen molar-refractivity contribution in [3.8, 4) is 0 Å². The summed E-state index contributed by atoms with van der Waals surface area (Å²) in [6.07, 6.45) is 4.49. The molecule has 0 spiro atoms. The van der Waals surface area contributed by atoms with Crippen LogP contribution in [0.5, 0.6) is 0 Å². The third kappa shape index (κ3) is 9.42. The van der Waals surface area contributed by atoms with E-state index in [0.29, 0.717) is 19.0 Å². The van der Waals surface area contributed by atoms with Crippen molar-refractivity contribution in [1.29, 1.82) is 0 Å². The number of hydrogen-bond donors (Lipinski definition) is 2. The predicted molar refractivity (Wildman–Crippen MR) is 80.7 cm³/mol. The van der Waals surface area contributed by atoms with Gasteiger partial charge in [-0.15, -0.1) is 6.58 Å². The van der Waals surface area contributed by atoms with Crippen LogP contribution in [0.15, 0.2) is 12.7 Å². The molecule has 0 saturated heterocycles. The number of allylic oxidation sites excluding steroid dienone is 1. The van der Waals surface area contributed by atoms with Crippen LogP contribution in [0.3, 0.4) is 0 Å². The number of carboxylic acids is 1. The van der Waals surface area contributed by atoms with Gasteiger partial charge in [0, 0.05) is 26.6 Å². The van der Waals surface area contributed by atoms with Crippen molar-refractivity contribution >= 4 is 12.0 Å². The SMILES string of the molecule is C=CCCCN(C)C(=O)NCC(CC(=O)O)CC(C)C. The van der Waals surface area contributed by atoms with Crippen LogP contribution in [0.4, 0.5) is 4.79 Å². The van der Waals surface area contributed by atoms with E-state index in [0.717, 1.165) is 19.3 Å². The maximum absolute atomic E-state index is 11.9. The average Bonchev–Trinajstić information content (AvgIpc) is 2.34. The second-order valence-corrected chi connectivity index (χ2v) is 5.63. The Morgan fingerprint density at radius 2 is 2.05 bits per heavy atom. The van der Waals surface area contributed by atoms with E-state index >= 15 is 0 Å². The van der Waals surface area contributed by atoms with Gasteiger partial charge in [-0.25, -0.2) is 4.79 Å². The van der Waals surface area contributed by atoms with E-state index < -0.39 is 5.97 Å². The molecule has 5 nitrogen and oxygen atoms in total. The highest BCUT2D eigenvalue weighted by molar-refractivity contribution is 5.74. The zero-order chi connectivity index (χ0) is 15.5. The second-order valence-electron chi connectivity index (χ2n) is 5.63. The minimum atomic E-state index is -0.816. The first-order valence-corrected chi connectivity index (χ1v) is 7.18. The molecule has 0 aliphatic carbocycles. The molecule has 2 N–H and O–H groups in total. The van der Waals surface area contributed by atoms with Crippen molar-refractivity contribution in [1.82, 2.24) is 10.2 Å². The number of carboxylic acid groups (broad SMARTS) is 1. The number of unbranched alkanes of at least 4 members (excludes halogenated alkanes) is 1. The lowest BCUT2D eigenvalue weighted by molar-refractivity contribution is -0.138. The van der Waals surface area contributed by atoms with Gasteiger partial charge in [0.05, 0.1) is 0 Å². The average molecular weight is 284 g/mol. The molecule has 1 unspecified atom stereocenters. The van der Waals surface area contributed by atoms with Crippen molar-refractivity contribution in [3.63, 3.8) is 0 Å². The van der Waals surface area contributed by atoms with Gasteiger partial charge < -0.3 is 15.3 Å². The number of amides is 2. The van der Waals surface area contributed by atoms with Gasteiger partial charge in [-0.3, -0.25) is 4.79 Å². The predicted octanol–water partition coefficient (Wildman–Crippen LogP) is 2.73. The molecule has 0 aliphatic heterocycles. The Bertz CT molecular complexity index is 316. The van der Waals surface area contributed by atoms with Crippen molar-refractivity contribution in [2.24, 2.45) is 11.8 Å². The molecule has 5 heteroatoms. The van der Waals surface area contributed by atoms with Crippen LogP contribution in [0.1, 0.15) is 39.5 Å². The number of carbonyl (C=O) groups is 2. The molecule has 116 valence electrons. The summed E-state index contributed by atoms with van der Waals surface area (Å²) in [5, 5.41) is 11.7. The number of urea groups is 1. The first kappa shape index (κ1) is 18.5. The summed E-state index contributed by atoms with van der Waals surface area (Å²) in [7, 11) is 1.74. The summed E-state index contributed by atoms with van der Waals surface area (Å²) in [5.74, 6) is -0.413. The van der Waals surface area contributed by atoms with Gasteiger partial charge in [-0.1, -0.05) is 19.9 Å².